The lowest BCUT2D eigenvalue weighted by atomic mass is 10.0. The van der Waals surface area contributed by atoms with Crippen molar-refractivity contribution < 1.29 is 24.1 Å². The van der Waals surface area contributed by atoms with E-state index < -0.39 is 24.0 Å². The van der Waals surface area contributed by atoms with Crippen molar-refractivity contribution in [3.8, 4) is 5.75 Å². The molecule has 1 aromatic heterocycles. The van der Waals surface area contributed by atoms with Gasteiger partial charge in [0.15, 0.2) is 0 Å². The van der Waals surface area contributed by atoms with E-state index in [1.165, 1.54) is 16.9 Å². The summed E-state index contributed by atoms with van der Waals surface area (Å²) in [5.74, 6) is -0.810. The Hall–Kier alpha value is -2.65. The molecule has 8 nitrogen and oxygen atoms in total. The Balaban J connectivity index is 1.85. The maximum Gasteiger partial charge on any atom is 0.313 e. The first-order chi connectivity index (χ1) is 12.3. The molecule has 2 rings (SSSR count). The Morgan fingerprint density at radius 2 is 1.96 bits per heavy atom. The summed E-state index contributed by atoms with van der Waals surface area (Å²) in [7, 11) is 0. The summed E-state index contributed by atoms with van der Waals surface area (Å²) >= 11 is 0. The molecule has 2 aromatic rings. The second-order valence-corrected chi connectivity index (χ2v) is 6.09. The van der Waals surface area contributed by atoms with Gasteiger partial charge in [-0.1, -0.05) is 6.58 Å². The number of hydrogen-bond acceptors (Lipinski definition) is 7. The molecule has 0 aliphatic heterocycles. The summed E-state index contributed by atoms with van der Waals surface area (Å²) in [6.45, 7) is 7.47. The molecule has 1 heterocycles. The fourth-order valence-corrected chi connectivity index (χ4v) is 2.07. The van der Waals surface area contributed by atoms with Gasteiger partial charge in [0.05, 0.1) is 24.7 Å². The molecule has 0 aliphatic carbocycles. The number of carbonyl (C=O) groups excluding carboxylic acids is 1. The van der Waals surface area contributed by atoms with Gasteiger partial charge in [-0.05, 0) is 43.3 Å². The number of ether oxygens (including phenoxy) is 1. The van der Waals surface area contributed by atoms with Crippen molar-refractivity contribution in [1.82, 2.24) is 20.2 Å². The smallest absolute Gasteiger partial charge is 0.313 e. The zero-order chi connectivity index (χ0) is 19.3. The quantitative estimate of drug-likeness (QED) is 0.540. The van der Waals surface area contributed by atoms with Crippen LogP contribution in [0.25, 0.3) is 5.57 Å². The SMILES string of the molecule is C=C(c1nnn(C(C)C)n1)C(O)CC(O)CC(=O)Oc1ccc(F)cc1. The molecule has 2 atom stereocenters. The van der Waals surface area contributed by atoms with Crippen LogP contribution in [0.15, 0.2) is 30.8 Å². The molecule has 140 valence electrons. The molecule has 0 radical (unpaired) electrons. The van der Waals surface area contributed by atoms with Crippen molar-refractivity contribution in [2.75, 3.05) is 0 Å². The number of aliphatic hydroxyl groups is 2. The van der Waals surface area contributed by atoms with Crippen LogP contribution in [0.1, 0.15) is 38.6 Å². The van der Waals surface area contributed by atoms with Crippen LogP contribution in [-0.2, 0) is 4.79 Å². The van der Waals surface area contributed by atoms with E-state index in [-0.39, 0.29) is 36.0 Å². The highest BCUT2D eigenvalue weighted by atomic mass is 19.1. The van der Waals surface area contributed by atoms with Crippen molar-refractivity contribution in [2.45, 2.75) is 44.9 Å². The average Bonchev–Trinajstić information content (AvgIpc) is 3.06. The predicted molar refractivity (Wildman–Crippen MR) is 90.5 cm³/mol. The van der Waals surface area contributed by atoms with Crippen LogP contribution in [0.3, 0.4) is 0 Å². The van der Waals surface area contributed by atoms with Gasteiger partial charge in [-0.3, -0.25) is 4.79 Å². The van der Waals surface area contributed by atoms with Gasteiger partial charge in [-0.25, -0.2) is 4.39 Å². The molecule has 0 saturated carbocycles. The summed E-state index contributed by atoms with van der Waals surface area (Å²) in [4.78, 5) is 13.2. The third-order valence-corrected chi connectivity index (χ3v) is 3.52. The van der Waals surface area contributed by atoms with Crippen LogP contribution >= 0.6 is 0 Å². The minimum Gasteiger partial charge on any atom is -0.426 e. The maximum atomic E-state index is 12.8. The highest BCUT2D eigenvalue weighted by Crippen LogP contribution is 2.18. The van der Waals surface area contributed by atoms with Gasteiger partial charge in [-0.15, -0.1) is 10.2 Å². The minimum atomic E-state index is -1.16. The van der Waals surface area contributed by atoms with Crippen LogP contribution in [0.5, 0.6) is 5.75 Å². The number of halogens is 1. The molecule has 9 heteroatoms. The van der Waals surface area contributed by atoms with E-state index in [0.717, 1.165) is 12.1 Å². The molecular weight excluding hydrogens is 343 g/mol. The van der Waals surface area contributed by atoms with Crippen LogP contribution in [0.2, 0.25) is 0 Å². The average molecular weight is 364 g/mol. The van der Waals surface area contributed by atoms with Crippen molar-refractivity contribution in [2.24, 2.45) is 0 Å². The molecule has 1 aromatic carbocycles. The van der Waals surface area contributed by atoms with E-state index in [1.807, 2.05) is 13.8 Å². The Morgan fingerprint density at radius 3 is 2.54 bits per heavy atom. The normalized spacial score (nSPS) is 13.5. The lowest BCUT2D eigenvalue weighted by Crippen LogP contribution is -2.24. The van der Waals surface area contributed by atoms with Crippen molar-refractivity contribution in [3.05, 3.63) is 42.5 Å². The molecule has 2 unspecified atom stereocenters. The number of tetrazole rings is 1. The Bertz CT molecular complexity index is 760. The fourth-order valence-electron chi connectivity index (χ4n) is 2.07. The molecule has 0 spiro atoms. The number of benzene rings is 1. The number of aliphatic hydroxyl groups excluding tert-OH is 2. The van der Waals surface area contributed by atoms with Crippen molar-refractivity contribution >= 4 is 11.5 Å². The molecule has 2 N–H and O–H groups in total. The Kier molecular flexibility index (Phi) is 6.53. The number of nitrogens with zero attached hydrogens (tertiary/aromatic N) is 4. The molecule has 0 bridgehead atoms. The summed E-state index contributed by atoms with van der Waals surface area (Å²) in [6.07, 6.45) is -2.79. The van der Waals surface area contributed by atoms with Gasteiger partial charge < -0.3 is 14.9 Å². The van der Waals surface area contributed by atoms with E-state index in [1.54, 1.807) is 0 Å². The van der Waals surface area contributed by atoms with Crippen LogP contribution < -0.4 is 4.74 Å². The van der Waals surface area contributed by atoms with Crippen LogP contribution in [0.4, 0.5) is 4.39 Å². The zero-order valence-corrected chi connectivity index (χ0v) is 14.5. The molecule has 0 amide bonds. The highest BCUT2D eigenvalue weighted by Gasteiger charge is 2.22. The number of esters is 1. The van der Waals surface area contributed by atoms with Gasteiger partial charge in [0, 0.05) is 12.0 Å². The predicted octanol–water partition coefficient (Wildman–Crippen LogP) is 1.51. The summed E-state index contributed by atoms with van der Waals surface area (Å²) in [5.41, 5.74) is 0.197. The third kappa shape index (κ3) is 5.43. The van der Waals surface area contributed by atoms with Gasteiger partial charge in [0.2, 0.25) is 5.82 Å². The molecule has 0 saturated heterocycles. The van der Waals surface area contributed by atoms with Crippen molar-refractivity contribution in [1.29, 1.82) is 0 Å². The second-order valence-electron chi connectivity index (χ2n) is 6.09. The molecule has 0 aliphatic rings. The van der Waals surface area contributed by atoms with E-state index in [4.69, 9.17) is 4.74 Å². The summed E-state index contributed by atoms with van der Waals surface area (Å²) < 4.78 is 17.8. The first-order valence-corrected chi connectivity index (χ1v) is 8.07. The number of aromatic nitrogens is 4. The maximum absolute atomic E-state index is 12.8. The summed E-state index contributed by atoms with van der Waals surface area (Å²) in [6, 6.07) is 4.93. The zero-order valence-electron chi connectivity index (χ0n) is 14.5. The number of rotatable bonds is 8. The molecule has 26 heavy (non-hydrogen) atoms. The topological polar surface area (TPSA) is 110 Å². The molecule has 0 fully saturated rings. The first-order valence-electron chi connectivity index (χ1n) is 8.07. The number of hydrogen-bond donors (Lipinski definition) is 2. The van der Waals surface area contributed by atoms with E-state index in [9.17, 15) is 19.4 Å². The fraction of sp³-hybridized carbons (Fsp3) is 0.412. The Morgan fingerprint density at radius 1 is 1.31 bits per heavy atom. The first kappa shape index (κ1) is 19.7. The Labute approximate surface area is 149 Å². The minimum absolute atomic E-state index is 0.00742. The lowest BCUT2D eigenvalue weighted by Gasteiger charge is -2.15. The summed E-state index contributed by atoms with van der Waals surface area (Å²) in [5, 5.41) is 31.9. The van der Waals surface area contributed by atoms with Crippen LogP contribution in [-0.4, -0.2) is 48.6 Å². The third-order valence-electron chi connectivity index (χ3n) is 3.52. The van der Waals surface area contributed by atoms with Gasteiger partial charge in [0.25, 0.3) is 0 Å². The number of carbonyl (C=O) groups is 1. The second kappa shape index (κ2) is 8.63. The van der Waals surface area contributed by atoms with Gasteiger partial charge in [-0.2, -0.15) is 4.80 Å². The van der Waals surface area contributed by atoms with Crippen molar-refractivity contribution in [3.63, 3.8) is 0 Å². The highest BCUT2D eigenvalue weighted by molar-refractivity contribution is 5.73. The van der Waals surface area contributed by atoms with Gasteiger partial charge >= 0.3 is 5.97 Å². The monoisotopic (exact) mass is 364 g/mol. The largest absolute Gasteiger partial charge is 0.426 e. The standard InChI is InChI=1S/C17H21FN4O4/c1-10(2)22-20-17(19-21-22)11(3)15(24)8-13(23)9-16(25)26-14-6-4-12(18)5-7-14/h4-7,10,13,15,23-24H,3,8-9H2,1-2H3. The van der Waals surface area contributed by atoms with Gasteiger partial charge in [0.1, 0.15) is 11.6 Å². The lowest BCUT2D eigenvalue weighted by molar-refractivity contribution is -0.136. The van der Waals surface area contributed by atoms with E-state index in [2.05, 4.69) is 22.0 Å². The van der Waals surface area contributed by atoms with E-state index >= 15 is 0 Å². The molecular formula is C17H21FN4O4. The van der Waals surface area contributed by atoms with Crippen LogP contribution in [0, 0.1) is 5.82 Å². The van der Waals surface area contributed by atoms with E-state index in [0.29, 0.717) is 0 Å².